The summed E-state index contributed by atoms with van der Waals surface area (Å²) < 4.78 is 28.7. The Hall–Kier alpha value is -1.16. The van der Waals surface area contributed by atoms with Gasteiger partial charge in [-0.15, -0.1) is 0 Å². The highest BCUT2D eigenvalue weighted by atomic mass is 19.1. The first-order chi connectivity index (χ1) is 9.70. The molecule has 2 aliphatic rings. The maximum Gasteiger partial charge on any atom is 0.149 e. The molecule has 110 valence electrons. The molecule has 1 aromatic rings. The van der Waals surface area contributed by atoms with Gasteiger partial charge in [-0.05, 0) is 62.3 Å². The quantitative estimate of drug-likeness (QED) is 0.921. The largest absolute Gasteiger partial charge is 0.364 e. The smallest absolute Gasteiger partial charge is 0.149 e. The maximum atomic E-state index is 14.4. The lowest BCUT2D eigenvalue weighted by Crippen LogP contribution is -2.43. The summed E-state index contributed by atoms with van der Waals surface area (Å²) in [7, 11) is 0. The molecule has 1 aliphatic heterocycles. The van der Waals surface area contributed by atoms with Gasteiger partial charge in [0.1, 0.15) is 17.3 Å². The van der Waals surface area contributed by atoms with Crippen molar-refractivity contribution in [3.63, 3.8) is 0 Å². The van der Waals surface area contributed by atoms with Crippen molar-refractivity contribution in [2.75, 3.05) is 18.0 Å². The molecule has 0 bridgehead atoms. The van der Waals surface area contributed by atoms with Crippen LogP contribution in [0.1, 0.15) is 37.7 Å². The second-order valence-electron chi connectivity index (χ2n) is 6.04. The van der Waals surface area contributed by atoms with E-state index in [0.717, 1.165) is 19.4 Å². The second kappa shape index (κ2) is 5.68. The molecule has 20 heavy (non-hydrogen) atoms. The van der Waals surface area contributed by atoms with Crippen molar-refractivity contribution in [2.24, 2.45) is 11.7 Å². The van der Waals surface area contributed by atoms with Crippen LogP contribution in [0, 0.1) is 17.6 Å². The van der Waals surface area contributed by atoms with Gasteiger partial charge in [0.05, 0.1) is 0 Å². The molecule has 1 saturated heterocycles. The van der Waals surface area contributed by atoms with Crippen molar-refractivity contribution in [3.05, 3.63) is 29.3 Å². The predicted octanol–water partition coefficient (Wildman–Crippen LogP) is 3.23. The average molecular weight is 280 g/mol. The highest BCUT2D eigenvalue weighted by Gasteiger charge is 2.37. The minimum absolute atomic E-state index is 0.183. The molecule has 2 fully saturated rings. The van der Waals surface area contributed by atoms with Gasteiger partial charge < -0.3 is 10.6 Å². The van der Waals surface area contributed by atoms with Gasteiger partial charge in [0.2, 0.25) is 0 Å². The molecule has 0 aromatic heterocycles. The molecule has 1 saturated carbocycles. The van der Waals surface area contributed by atoms with E-state index in [4.69, 9.17) is 5.73 Å². The highest BCUT2D eigenvalue weighted by molar-refractivity contribution is 5.52. The van der Waals surface area contributed by atoms with E-state index in [0.29, 0.717) is 30.5 Å². The molecule has 2 unspecified atom stereocenters. The Morgan fingerprint density at radius 1 is 1.10 bits per heavy atom. The number of piperidine rings is 1. The van der Waals surface area contributed by atoms with Crippen LogP contribution in [-0.4, -0.2) is 19.1 Å². The molecule has 0 spiro atoms. The van der Waals surface area contributed by atoms with E-state index in [1.807, 2.05) is 4.90 Å². The van der Waals surface area contributed by atoms with Gasteiger partial charge in [-0.2, -0.15) is 0 Å². The average Bonchev–Trinajstić information content (AvgIpc) is 2.87. The van der Waals surface area contributed by atoms with Gasteiger partial charge in [0.25, 0.3) is 0 Å². The third kappa shape index (κ3) is 2.41. The van der Waals surface area contributed by atoms with E-state index < -0.39 is 11.6 Å². The molecule has 1 heterocycles. The number of nitrogens with zero attached hydrogens (tertiary/aromatic N) is 1. The molecule has 3 rings (SSSR count). The predicted molar refractivity (Wildman–Crippen MR) is 76.8 cm³/mol. The Morgan fingerprint density at radius 2 is 1.80 bits per heavy atom. The summed E-state index contributed by atoms with van der Waals surface area (Å²) >= 11 is 0. The standard InChI is InChI=1S/C16H22F2N2/c17-13-9-11(6-7-19)10-14(18)16(13)20-8-2-4-12-3-1-5-15(12)20/h9-10,12,15H,1-8,19H2. The Bertz CT molecular complexity index is 466. The Labute approximate surface area is 118 Å². The number of nitrogens with two attached hydrogens (primary N) is 1. The monoisotopic (exact) mass is 280 g/mol. The molecule has 0 amide bonds. The van der Waals surface area contributed by atoms with E-state index in [1.54, 1.807) is 0 Å². The van der Waals surface area contributed by atoms with Crippen LogP contribution in [0.15, 0.2) is 12.1 Å². The summed E-state index contributed by atoms with van der Waals surface area (Å²) in [5.74, 6) is -0.242. The van der Waals surface area contributed by atoms with Crippen LogP contribution in [0.3, 0.4) is 0 Å². The summed E-state index contributed by atoms with van der Waals surface area (Å²) in [6.45, 7) is 1.18. The van der Waals surface area contributed by atoms with Crippen LogP contribution in [0.25, 0.3) is 0 Å². The first-order valence-electron chi connectivity index (χ1n) is 7.65. The lowest BCUT2D eigenvalue weighted by molar-refractivity contribution is 0.356. The zero-order chi connectivity index (χ0) is 14.1. The summed E-state index contributed by atoms with van der Waals surface area (Å²) in [6, 6.07) is 3.22. The first kappa shape index (κ1) is 13.8. The topological polar surface area (TPSA) is 29.3 Å². The third-order valence-electron chi connectivity index (χ3n) is 4.79. The summed E-state index contributed by atoms with van der Waals surface area (Å²) in [5.41, 5.74) is 6.28. The van der Waals surface area contributed by atoms with Crippen LogP contribution in [0.4, 0.5) is 14.5 Å². The Kier molecular flexibility index (Phi) is 3.92. The number of anilines is 1. The first-order valence-corrected chi connectivity index (χ1v) is 7.65. The number of halogens is 2. The third-order valence-corrected chi connectivity index (χ3v) is 4.79. The van der Waals surface area contributed by atoms with Gasteiger partial charge in [-0.3, -0.25) is 0 Å². The minimum atomic E-state index is -0.430. The lowest BCUT2D eigenvalue weighted by Gasteiger charge is -2.39. The summed E-state index contributed by atoms with van der Waals surface area (Å²) in [6.07, 6.45) is 6.20. The van der Waals surface area contributed by atoms with Gasteiger partial charge >= 0.3 is 0 Å². The van der Waals surface area contributed by atoms with Crippen LogP contribution in [-0.2, 0) is 6.42 Å². The fourth-order valence-corrected chi connectivity index (χ4v) is 3.93. The van der Waals surface area contributed by atoms with E-state index >= 15 is 0 Å². The number of hydrogen-bond acceptors (Lipinski definition) is 2. The van der Waals surface area contributed by atoms with Gasteiger partial charge in [0, 0.05) is 12.6 Å². The molecule has 2 nitrogen and oxygen atoms in total. The lowest BCUT2D eigenvalue weighted by atomic mass is 9.91. The Balaban J connectivity index is 1.92. The molecule has 0 radical (unpaired) electrons. The minimum Gasteiger partial charge on any atom is -0.364 e. The molecular formula is C16H22F2N2. The molecule has 4 heteroatoms. The van der Waals surface area contributed by atoms with Crippen LogP contribution < -0.4 is 10.6 Å². The molecular weight excluding hydrogens is 258 g/mol. The van der Waals surface area contributed by atoms with Crippen molar-refractivity contribution in [2.45, 2.75) is 44.6 Å². The molecule has 1 aromatic carbocycles. The van der Waals surface area contributed by atoms with Crippen molar-refractivity contribution in [1.29, 1.82) is 0 Å². The van der Waals surface area contributed by atoms with Crippen molar-refractivity contribution in [1.82, 2.24) is 0 Å². The Morgan fingerprint density at radius 3 is 2.50 bits per heavy atom. The highest BCUT2D eigenvalue weighted by Crippen LogP contribution is 2.40. The second-order valence-corrected chi connectivity index (χ2v) is 6.04. The van der Waals surface area contributed by atoms with Crippen LogP contribution in [0.2, 0.25) is 0 Å². The normalized spacial score (nSPS) is 25.9. The van der Waals surface area contributed by atoms with E-state index in [9.17, 15) is 8.78 Å². The van der Waals surface area contributed by atoms with Crippen LogP contribution in [0.5, 0.6) is 0 Å². The fraction of sp³-hybridized carbons (Fsp3) is 0.625. The summed E-state index contributed by atoms with van der Waals surface area (Å²) in [4.78, 5) is 1.98. The van der Waals surface area contributed by atoms with Gasteiger partial charge in [0.15, 0.2) is 0 Å². The molecule has 1 aliphatic carbocycles. The van der Waals surface area contributed by atoms with Gasteiger partial charge in [-0.1, -0.05) is 6.42 Å². The van der Waals surface area contributed by atoms with Crippen molar-refractivity contribution >= 4 is 5.69 Å². The fourth-order valence-electron chi connectivity index (χ4n) is 3.93. The van der Waals surface area contributed by atoms with Crippen LogP contribution >= 0.6 is 0 Å². The number of fused-ring (bicyclic) bond motifs is 1. The van der Waals surface area contributed by atoms with Crippen molar-refractivity contribution in [3.8, 4) is 0 Å². The number of rotatable bonds is 3. The zero-order valence-electron chi connectivity index (χ0n) is 11.7. The SMILES string of the molecule is NCCc1cc(F)c(N2CCCC3CCCC32)c(F)c1. The van der Waals surface area contributed by atoms with E-state index in [-0.39, 0.29) is 5.69 Å². The number of benzene rings is 1. The van der Waals surface area contributed by atoms with Gasteiger partial charge in [-0.25, -0.2) is 8.78 Å². The molecule has 2 atom stereocenters. The van der Waals surface area contributed by atoms with E-state index in [1.165, 1.54) is 31.4 Å². The van der Waals surface area contributed by atoms with Crippen molar-refractivity contribution < 1.29 is 8.78 Å². The summed E-state index contributed by atoms with van der Waals surface area (Å²) in [5, 5.41) is 0. The maximum absolute atomic E-state index is 14.4. The molecule has 2 N–H and O–H groups in total. The zero-order valence-corrected chi connectivity index (χ0v) is 11.7. The van der Waals surface area contributed by atoms with E-state index in [2.05, 4.69) is 0 Å². The number of hydrogen-bond donors (Lipinski definition) is 1.